The lowest BCUT2D eigenvalue weighted by Crippen LogP contribution is -2.12. The van der Waals surface area contributed by atoms with Gasteiger partial charge in [0.25, 0.3) is 0 Å². The molecule has 0 amide bonds. The Morgan fingerprint density at radius 3 is 2.14 bits per heavy atom. The van der Waals surface area contributed by atoms with Crippen molar-refractivity contribution >= 4 is 0 Å². The highest BCUT2D eigenvalue weighted by Gasteiger charge is 2.31. The quantitative estimate of drug-likeness (QED) is 0.389. The van der Waals surface area contributed by atoms with Crippen molar-refractivity contribution in [2.45, 2.75) is 33.6 Å². The van der Waals surface area contributed by atoms with E-state index in [0.717, 1.165) is 13.0 Å². The van der Waals surface area contributed by atoms with Crippen LogP contribution in [0.1, 0.15) is 27.2 Å². The van der Waals surface area contributed by atoms with E-state index in [0.29, 0.717) is 12.0 Å². The van der Waals surface area contributed by atoms with Gasteiger partial charge in [0.05, 0.1) is 0 Å². The van der Waals surface area contributed by atoms with Crippen molar-refractivity contribution in [3.63, 3.8) is 0 Å². The predicted molar refractivity (Wildman–Crippen MR) is 45.0 cm³/mol. The molecule has 5 heteroatoms. The monoisotopic (exact) mass is 212 g/mol. The Balaban J connectivity index is 4.60. The predicted octanol–water partition coefficient (Wildman–Crippen LogP) is 4.08. The number of halogens is 4. The molecule has 0 aromatic heterocycles. The van der Waals surface area contributed by atoms with Gasteiger partial charge in [-0.05, 0) is 26.3 Å². The van der Waals surface area contributed by atoms with Crippen molar-refractivity contribution in [1.82, 2.24) is 0 Å². The van der Waals surface area contributed by atoms with Crippen LogP contribution in [0.25, 0.3) is 0 Å². The summed E-state index contributed by atoms with van der Waals surface area (Å²) in [6.07, 6.45) is -3.23. The number of ether oxygens (including phenoxy) is 1. The molecule has 82 valence electrons. The van der Waals surface area contributed by atoms with E-state index >= 15 is 0 Å². The summed E-state index contributed by atoms with van der Waals surface area (Å²) >= 11 is 0. The fourth-order valence-electron chi connectivity index (χ4n) is 0.642. The van der Waals surface area contributed by atoms with E-state index < -0.39 is 17.9 Å². The molecule has 0 fully saturated rings. The van der Waals surface area contributed by atoms with Crippen LogP contribution in [-0.2, 0) is 4.74 Å². The molecule has 0 aromatic carbocycles. The number of hydrogen-bond acceptors (Lipinski definition) is 1. The molecule has 0 aliphatic heterocycles. The normalized spacial score (nSPS) is 15.2. The summed E-state index contributed by atoms with van der Waals surface area (Å²) in [5.41, 5.74) is 0.646. The first-order valence-corrected chi connectivity index (χ1v) is 4.05. The van der Waals surface area contributed by atoms with Gasteiger partial charge in [-0.2, -0.15) is 0 Å². The van der Waals surface area contributed by atoms with Crippen LogP contribution >= 0.6 is 0 Å². The molecule has 0 N–H and O–H groups in total. The third-order valence-corrected chi connectivity index (χ3v) is 1.54. The van der Waals surface area contributed by atoms with Gasteiger partial charge < -0.3 is 4.74 Å². The molecule has 0 saturated carbocycles. The van der Waals surface area contributed by atoms with E-state index in [1.807, 2.05) is 0 Å². The van der Waals surface area contributed by atoms with Crippen LogP contribution in [0.5, 0.6) is 0 Å². The smallest absolute Gasteiger partial charge is 0.408 e. The van der Waals surface area contributed by atoms with Gasteiger partial charge in [-0.25, -0.2) is 4.39 Å². The Morgan fingerprint density at radius 2 is 1.79 bits per heavy atom. The maximum absolute atomic E-state index is 12.9. The van der Waals surface area contributed by atoms with E-state index in [1.54, 1.807) is 13.8 Å². The van der Waals surface area contributed by atoms with Crippen LogP contribution in [0, 0.1) is 0 Å². The average molecular weight is 212 g/mol. The highest BCUT2D eigenvalue weighted by molar-refractivity contribution is 5.18. The number of alkyl halides is 3. The Labute approximate surface area is 80.1 Å². The zero-order chi connectivity index (χ0) is 11.4. The third-order valence-electron chi connectivity index (χ3n) is 1.54. The van der Waals surface area contributed by atoms with Gasteiger partial charge in [0.1, 0.15) is 5.76 Å². The van der Waals surface area contributed by atoms with Crippen molar-refractivity contribution in [1.29, 1.82) is 0 Å². The van der Waals surface area contributed by atoms with Gasteiger partial charge in [-0.3, -0.25) is 0 Å². The maximum atomic E-state index is 12.9. The van der Waals surface area contributed by atoms with Gasteiger partial charge in [0.15, 0.2) is 5.83 Å². The van der Waals surface area contributed by atoms with Crippen LogP contribution in [0.3, 0.4) is 0 Å². The second-order valence-electron chi connectivity index (χ2n) is 2.80. The molecule has 0 spiro atoms. The highest BCUT2D eigenvalue weighted by atomic mass is 19.4. The van der Waals surface area contributed by atoms with Gasteiger partial charge in [-0.15, -0.1) is 13.2 Å². The summed E-state index contributed by atoms with van der Waals surface area (Å²) in [5, 5.41) is 0. The standard InChI is InChI=1S/C9H12F4O/c1-4-6(2)5-8(10)7(3)14-9(11,12)13/h5H,4H2,1-3H3/b6-5-,8-7-. The molecular weight excluding hydrogens is 200 g/mol. The largest absolute Gasteiger partial charge is 0.572 e. The minimum atomic E-state index is -4.84. The topological polar surface area (TPSA) is 9.23 Å². The summed E-state index contributed by atoms with van der Waals surface area (Å²) in [6.45, 7) is 4.34. The van der Waals surface area contributed by atoms with Gasteiger partial charge in [0.2, 0.25) is 0 Å². The lowest BCUT2D eigenvalue weighted by molar-refractivity contribution is -0.305. The Bertz CT molecular complexity index is 250. The summed E-state index contributed by atoms with van der Waals surface area (Å²) in [5.74, 6) is -1.77. The third kappa shape index (κ3) is 5.61. The van der Waals surface area contributed by atoms with E-state index in [9.17, 15) is 17.6 Å². The molecule has 0 bridgehead atoms. The van der Waals surface area contributed by atoms with E-state index in [-0.39, 0.29) is 0 Å². The second kappa shape index (κ2) is 5.02. The number of hydrogen-bond donors (Lipinski definition) is 0. The van der Waals surface area contributed by atoms with Crippen molar-refractivity contribution in [3.8, 4) is 0 Å². The Hall–Kier alpha value is -1.00. The fourth-order valence-corrected chi connectivity index (χ4v) is 0.642. The molecular formula is C9H12F4O. The Kier molecular flexibility index (Phi) is 4.67. The van der Waals surface area contributed by atoms with E-state index in [1.165, 1.54) is 0 Å². The number of allylic oxidation sites excluding steroid dienone is 4. The molecule has 1 nitrogen and oxygen atoms in total. The van der Waals surface area contributed by atoms with Gasteiger partial charge >= 0.3 is 6.36 Å². The minimum absolute atomic E-state index is 0.576. The van der Waals surface area contributed by atoms with Crippen molar-refractivity contribution in [3.05, 3.63) is 23.2 Å². The first-order valence-electron chi connectivity index (χ1n) is 4.05. The van der Waals surface area contributed by atoms with Crippen molar-refractivity contribution < 1.29 is 22.3 Å². The van der Waals surface area contributed by atoms with Crippen LogP contribution in [0.4, 0.5) is 17.6 Å². The zero-order valence-corrected chi connectivity index (χ0v) is 8.20. The van der Waals surface area contributed by atoms with Gasteiger partial charge in [-0.1, -0.05) is 12.5 Å². The molecule has 14 heavy (non-hydrogen) atoms. The van der Waals surface area contributed by atoms with E-state index in [2.05, 4.69) is 4.74 Å². The highest BCUT2D eigenvalue weighted by Crippen LogP contribution is 2.23. The maximum Gasteiger partial charge on any atom is 0.572 e. The summed E-state index contributed by atoms with van der Waals surface area (Å²) in [7, 11) is 0. The molecule has 0 unspecified atom stereocenters. The lowest BCUT2D eigenvalue weighted by Gasteiger charge is -2.08. The Morgan fingerprint density at radius 1 is 1.29 bits per heavy atom. The molecule has 0 radical (unpaired) electrons. The molecule has 0 aliphatic carbocycles. The molecule has 0 atom stereocenters. The van der Waals surface area contributed by atoms with Gasteiger partial charge in [0, 0.05) is 0 Å². The summed E-state index contributed by atoms with van der Waals surface area (Å²) in [4.78, 5) is 0. The van der Waals surface area contributed by atoms with E-state index in [4.69, 9.17) is 0 Å². The fraction of sp³-hybridized carbons (Fsp3) is 0.556. The van der Waals surface area contributed by atoms with Crippen LogP contribution in [0.15, 0.2) is 23.2 Å². The SMILES string of the molecule is CC/C(C)=C\C(F)=C(/C)OC(F)(F)F. The first-order chi connectivity index (χ1) is 6.26. The molecule has 0 saturated heterocycles. The molecule has 0 aliphatic rings. The average Bonchev–Trinajstić information content (AvgIpc) is 2.00. The second-order valence-corrected chi connectivity index (χ2v) is 2.80. The minimum Gasteiger partial charge on any atom is -0.408 e. The molecule has 0 heterocycles. The van der Waals surface area contributed by atoms with Crippen molar-refractivity contribution in [2.24, 2.45) is 0 Å². The van der Waals surface area contributed by atoms with Crippen molar-refractivity contribution in [2.75, 3.05) is 0 Å². The zero-order valence-electron chi connectivity index (χ0n) is 8.20. The van der Waals surface area contributed by atoms with Crippen LogP contribution < -0.4 is 0 Å². The lowest BCUT2D eigenvalue weighted by atomic mass is 10.2. The van der Waals surface area contributed by atoms with Crippen LogP contribution in [0.2, 0.25) is 0 Å². The summed E-state index contributed by atoms with van der Waals surface area (Å²) in [6, 6.07) is 0. The molecule has 0 aromatic rings. The van der Waals surface area contributed by atoms with Crippen LogP contribution in [-0.4, -0.2) is 6.36 Å². The summed E-state index contributed by atoms with van der Waals surface area (Å²) < 4.78 is 51.3. The number of rotatable bonds is 3. The first kappa shape index (κ1) is 13.0. The molecule has 0 rings (SSSR count).